The first-order valence-electron chi connectivity index (χ1n) is 8.71. The number of hydrogen-bond donors (Lipinski definition) is 3. The Labute approximate surface area is 163 Å². The minimum atomic E-state index is -0.930. The molecule has 0 saturated carbocycles. The van der Waals surface area contributed by atoms with Crippen LogP contribution >= 0.6 is 0 Å². The summed E-state index contributed by atoms with van der Waals surface area (Å²) in [6.45, 7) is 0.187. The van der Waals surface area contributed by atoms with Gasteiger partial charge in [-0.3, -0.25) is 14.4 Å². The zero-order valence-electron chi connectivity index (χ0n) is 15.5. The molecule has 0 spiro atoms. The van der Waals surface area contributed by atoms with Crippen LogP contribution in [0.4, 0.5) is 0 Å². The van der Waals surface area contributed by atoms with Crippen molar-refractivity contribution in [1.82, 2.24) is 10.6 Å². The Morgan fingerprint density at radius 3 is 2.32 bits per heavy atom. The highest BCUT2D eigenvalue weighted by molar-refractivity contribution is 6.05. The summed E-state index contributed by atoms with van der Waals surface area (Å²) >= 11 is 0. The molecule has 0 radical (unpaired) electrons. The van der Waals surface area contributed by atoms with E-state index in [2.05, 4.69) is 10.6 Å². The predicted molar refractivity (Wildman–Crippen MR) is 105 cm³/mol. The first-order chi connectivity index (χ1) is 13.5. The van der Waals surface area contributed by atoms with Gasteiger partial charge >= 0.3 is 5.97 Å². The van der Waals surface area contributed by atoms with Crippen molar-refractivity contribution in [3.05, 3.63) is 71.4 Å². The summed E-state index contributed by atoms with van der Waals surface area (Å²) in [4.78, 5) is 35.5. The van der Waals surface area contributed by atoms with Crippen molar-refractivity contribution < 1.29 is 24.2 Å². The van der Waals surface area contributed by atoms with Crippen LogP contribution in [0, 0.1) is 0 Å². The number of carbonyl (C=O) groups excluding carboxylic acids is 2. The highest BCUT2D eigenvalue weighted by atomic mass is 16.5. The second-order valence-electron chi connectivity index (χ2n) is 5.90. The topological polar surface area (TPSA) is 105 Å². The Balaban J connectivity index is 2.16. The molecule has 0 bridgehead atoms. The van der Waals surface area contributed by atoms with Crippen LogP contribution in [0.15, 0.2) is 60.3 Å². The highest BCUT2D eigenvalue weighted by Gasteiger charge is 2.14. The number of carboxylic acid groups (broad SMARTS) is 1. The molecular weight excluding hydrogens is 360 g/mol. The number of carbonyl (C=O) groups is 3. The van der Waals surface area contributed by atoms with Gasteiger partial charge in [0.25, 0.3) is 11.8 Å². The molecule has 0 heterocycles. The number of carboxylic acids is 1. The van der Waals surface area contributed by atoms with Crippen LogP contribution < -0.4 is 15.4 Å². The van der Waals surface area contributed by atoms with Gasteiger partial charge in [-0.25, -0.2) is 0 Å². The number of ether oxygens (including phenoxy) is 1. The molecule has 0 aromatic heterocycles. The molecule has 0 unspecified atom stereocenters. The van der Waals surface area contributed by atoms with Crippen molar-refractivity contribution in [2.24, 2.45) is 0 Å². The van der Waals surface area contributed by atoms with Crippen LogP contribution in [-0.4, -0.2) is 36.5 Å². The van der Waals surface area contributed by atoms with Gasteiger partial charge in [0.05, 0.1) is 7.11 Å². The summed E-state index contributed by atoms with van der Waals surface area (Å²) in [6, 6.07) is 15.5. The smallest absolute Gasteiger partial charge is 0.303 e. The Morgan fingerprint density at radius 1 is 1.04 bits per heavy atom. The van der Waals surface area contributed by atoms with E-state index in [1.54, 1.807) is 67.8 Å². The highest BCUT2D eigenvalue weighted by Crippen LogP contribution is 2.14. The molecule has 146 valence electrons. The molecule has 2 rings (SSSR count). The minimum Gasteiger partial charge on any atom is -0.497 e. The van der Waals surface area contributed by atoms with Gasteiger partial charge < -0.3 is 20.5 Å². The molecule has 28 heavy (non-hydrogen) atoms. The predicted octanol–water partition coefficient (Wildman–Crippen LogP) is 2.45. The van der Waals surface area contributed by atoms with Gasteiger partial charge in [0.2, 0.25) is 0 Å². The van der Waals surface area contributed by atoms with Crippen LogP contribution in [0.5, 0.6) is 5.75 Å². The van der Waals surface area contributed by atoms with E-state index in [0.717, 1.165) is 0 Å². The van der Waals surface area contributed by atoms with Gasteiger partial charge in [0.1, 0.15) is 11.4 Å². The molecule has 0 saturated heterocycles. The summed E-state index contributed by atoms with van der Waals surface area (Å²) in [6.07, 6.45) is 1.80. The molecule has 0 aliphatic rings. The van der Waals surface area contributed by atoms with Crippen molar-refractivity contribution in [1.29, 1.82) is 0 Å². The Bertz CT molecular complexity index is 845. The van der Waals surface area contributed by atoms with Crippen molar-refractivity contribution in [2.75, 3.05) is 13.7 Å². The van der Waals surface area contributed by atoms with Crippen LogP contribution in [0.2, 0.25) is 0 Å². The van der Waals surface area contributed by atoms with Gasteiger partial charge in [0.15, 0.2) is 0 Å². The van der Waals surface area contributed by atoms with Crippen LogP contribution in [0.3, 0.4) is 0 Å². The normalized spacial score (nSPS) is 10.8. The lowest BCUT2D eigenvalue weighted by molar-refractivity contribution is -0.137. The number of nitrogens with one attached hydrogen (secondary N) is 2. The SMILES string of the molecule is COc1ccc(/C=C(/NC(=O)c2ccccc2)C(=O)NCCCC(=O)O)cc1. The van der Waals surface area contributed by atoms with Crippen molar-refractivity contribution in [3.8, 4) is 5.75 Å². The summed E-state index contributed by atoms with van der Waals surface area (Å²) in [5, 5.41) is 13.9. The molecule has 7 nitrogen and oxygen atoms in total. The quantitative estimate of drug-likeness (QED) is 0.456. The number of hydrogen-bond acceptors (Lipinski definition) is 4. The third-order valence-corrected chi connectivity index (χ3v) is 3.81. The standard InChI is InChI=1S/C21H22N2O5/c1-28-17-11-9-15(10-12-17)14-18(21(27)22-13-5-8-19(24)25)23-20(26)16-6-3-2-4-7-16/h2-4,6-7,9-12,14H,5,8,13H2,1H3,(H,22,27)(H,23,26)(H,24,25)/b18-14+. The third-order valence-electron chi connectivity index (χ3n) is 3.81. The number of rotatable bonds is 9. The molecule has 7 heteroatoms. The number of amides is 2. The molecular formula is C21H22N2O5. The molecule has 0 aliphatic carbocycles. The lowest BCUT2D eigenvalue weighted by Gasteiger charge is -2.11. The lowest BCUT2D eigenvalue weighted by atomic mass is 10.1. The molecule has 2 aromatic rings. The van der Waals surface area contributed by atoms with E-state index in [1.165, 1.54) is 0 Å². The molecule has 2 aromatic carbocycles. The van der Waals surface area contributed by atoms with E-state index in [9.17, 15) is 14.4 Å². The second-order valence-corrected chi connectivity index (χ2v) is 5.90. The fraction of sp³-hybridized carbons (Fsp3) is 0.190. The molecule has 2 amide bonds. The van der Waals surface area contributed by atoms with Crippen molar-refractivity contribution in [3.63, 3.8) is 0 Å². The van der Waals surface area contributed by atoms with E-state index < -0.39 is 17.8 Å². The fourth-order valence-electron chi connectivity index (χ4n) is 2.35. The maximum Gasteiger partial charge on any atom is 0.303 e. The Morgan fingerprint density at radius 2 is 1.71 bits per heavy atom. The summed E-state index contributed by atoms with van der Waals surface area (Å²) < 4.78 is 5.11. The second kappa shape index (κ2) is 10.5. The molecule has 0 atom stereocenters. The maximum atomic E-state index is 12.5. The zero-order valence-corrected chi connectivity index (χ0v) is 15.5. The van der Waals surface area contributed by atoms with Crippen molar-refractivity contribution >= 4 is 23.9 Å². The summed E-state index contributed by atoms with van der Waals surface area (Å²) in [7, 11) is 1.56. The molecule has 0 aliphatic heterocycles. The first kappa shape index (κ1) is 20.7. The van der Waals surface area contributed by atoms with E-state index in [0.29, 0.717) is 23.3 Å². The summed E-state index contributed by atoms with van der Waals surface area (Å²) in [5.41, 5.74) is 1.18. The number of methoxy groups -OCH3 is 1. The molecule has 3 N–H and O–H groups in total. The fourth-order valence-corrected chi connectivity index (χ4v) is 2.35. The van der Waals surface area contributed by atoms with Crippen LogP contribution in [0.1, 0.15) is 28.8 Å². The monoisotopic (exact) mass is 382 g/mol. The first-order valence-corrected chi connectivity index (χ1v) is 8.71. The minimum absolute atomic E-state index is 0.0474. The number of benzene rings is 2. The van der Waals surface area contributed by atoms with Gasteiger partial charge in [-0.1, -0.05) is 30.3 Å². The number of aliphatic carboxylic acids is 1. The van der Waals surface area contributed by atoms with Crippen LogP contribution in [-0.2, 0) is 9.59 Å². The van der Waals surface area contributed by atoms with E-state index >= 15 is 0 Å². The Kier molecular flexibility index (Phi) is 7.77. The summed E-state index contributed by atoms with van der Waals surface area (Å²) in [5.74, 6) is -1.17. The van der Waals surface area contributed by atoms with Gasteiger partial charge in [0, 0.05) is 18.5 Å². The largest absolute Gasteiger partial charge is 0.497 e. The van der Waals surface area contributed by atoms with E-state index in [4.69, 9.17) is 9.84 Å². The lowest BCUT2D eigenvalue weighted by Crippen LogP contribution is -2.35. The maximum absolute atomic E-state index is 12.5. The van der Waals surface area contributed by atoms with E-state index in [1.807, 2.05) is 0 Å². The molecule has 0 fully saturated rings. The average molecular weight is 382 g/mol. The third kappa shape index (κ3) is 6.60. The zero-order chi connectivity index (χ0) is 20.4. The van der Waals surface area contributed by atoms with Crippen molar-refractivity contribution in [2.45, 2.75) is 12.8 Å². The average Bonchev–Trinajstić information content (AvgIpc) is 2.71. The van der Waals surface area contributed by atoms with Gasteiger partial charge in [-0.15, -0.1) is 0 Å². The Hall–Kier alpha value is -3.61. The van der Waals surface area contributed by atoms with E-state index in [-0.39, 0.29) is 18.7 Å². The van der Waals surface area contributed by atoms with Gasteiger partial charge in [-0.05, 0) is 42.3 Å². The van der Waals surface area contributed by atoms with Crippen LogP contribution in [0.25, 0.3) is 6.08 Å². The van der Waals surface area contributed by atoms with Gasteiger partial charge in [-0.2, -0.15) is 0 Å².